The lowest BCUT2D eigenvalue weighted by atomic mass is 9.96. The molecular formula is C18H21N3O4. The smallest absolute Gasteiger partial charge is 0.325 e. The molecule has 2 fully saturated rings. The Bertz CT molecular complexity index is 746. The number of benzene rings is 1. The number of rotatable bonds is 4. The predicted molar refractivity (Wildman–Crippen MR) is 88.8 cm³/mol. The summed E-state index contributed by atoms with van der Waals surface area (Å²) in [6, 6.07) is 6.90. The second-order valence-corrected chi connectivity index (χ2v) is 7.09. The molecule has 1 saturated heterocycles. The van der Waals surface area contributed by atoms with Crippen molar-refractivity contribution in [1.29, 1.82) is 0 Å². The molecular weight excluding hydrogens is 322 g/mol. The number of amides is 4. The number of carbonyl (C=O) groups is 3. The lowest BCUT2D eigenvalue weighted by molar-refractivity contribution is -0.135. The number of urea groups is 1. The van der Waals surface area contributed by atoms with Gasteiger partial charge in [0.25, 0.3) is 5.91 Å². The summed E-state index contributed by atoms with van der Waals surface area (Å²) in [5.74, 6) is 0.294. The van der Waals surface area contributed by atoms with Gasteiger partial charge in [-0.3, -0.25) is 14.5 Å². The largest absolute Gasteiger partial charge is 0.493 e. The molecule has 2 atom stereocenters. The Morgan fingerprint density at radius 3 is 2.84 bits per heavy atom. The van der Waals surface area contributed by atoms with Crippen molar-refractivity contribution in [3.63, 3.8) is 0 Å². The van der Waals surface area contributed by atoms with Crippen LogP contribution < -0.4 is 15.4 Å². The molecule has 1 aromatic carbocycles. The summed E-state index contributed by atoms with van der Waals surface area (Å²) in [6.07, 6.45) is 2.52. The van der Waals surface area contributed by atoms with Crippen LogP contribution in [0, 0.1) is 5.92 Å². The fourth-order valence-corrected chi connectivity index (χ4v) is 3.67. The van der Waals surface area contributed by atoms with Crippen LogP contribution in [-0.4, -0.2) is 41.4 Å². The average molecular weight is 343 g/mol. The molecule has 0 aromatic heterocycles. The second kappa shape index (κ2) is 5.75. The number of carbonyl (C=O) groups excluding carboxylic acids is 3. The zero-order valence-electron chi connectivity index (χ0n) is 14.1. The Kier molecular flexibility index (Phi) is 3.67. The van der Waals surface area contributed by atoms with Gasteiger partial charge in [-0.15, -0.1) is 0 Å². The molecule has 2 N–H and O–H groups in total. The number of nitrogens with one attached hydrogen (secondary N) is 2. The predicted octanol–water partition coefficient (Wildman–Crippen LogP) is 1.35. The SMILES string of the molecule is C[C@]1(C2CC2)NC(=O)N(CC(=O)N[C@H]2CCOc3ccccc32)C1=O. The molecule has 4 amide bonds. The molecule has 1 saturated carbocycles. The fourth-order valence-electron chi connectivity index (χ4n) is 3.67. The first-order chi connectivity index (χ1) is 12.0. The van der Waals surface area contributed by atoms with Gasteiger partial charge in [0.2, 0.25) is 5.91 Å². The van der Waals surface area contributed by atoms with Gasteiger partial charge in [-0.05, 0) is 31.7 Å². The van der Waals surface area contributed by atoms with Crippen LogP contribution in [0.25, 0.3) is 0 Å². The third kappa shape index (κ3) is 2.73. The molecule has 0 unspecified atom stereocenters. The van der Waals surface area contributed by atoms with Crippen LogP contribution in [0.2, 0.25) is 0 Å². The summed E-state index contributed by atoms with van der Waals surface area (Å²) in [4.78, 5) is 38.2. The summed E-state index contributed by atoms with van der Waals surface area (Å²) >= 11 is 0. The minimum absolute atomic E-state index is 0.173. The highest BCUT2D eigenvalue weighted by atomic mass is 16.5. The molecule has 1 aliphatic carbocycles. The van der Waals surface area contributed by atoms with Gasteiger partial charge < -0.3 is 15.4 Å². The van der Waals surface area contributed by atoms with Gasteiger partial charge in [0.1, 0.15) is 17.8 Å². The van der Waals surface area contributed by atoms with Crippen molar-refractivity contribution < 1.29 is 19.1 Å². The molecule has 132 valence electrons. The monoisotopic (exact) mass is 343 g/mol. The van der Waals surface area contributed by atoms with Crippen molar-refractivity contribution in [2.24, 2.45) is 5.92 Å². The van der Waals surface area contributed by atoms with E-state index in [9.17, 15) is 14.4 Å². The highest BCUT2D eigenvalue weighted by Gasteiger charge is 2.56. The quantitative estimate of drug-likeness (QED) is 0.808. The molecule has 2 aliphatic heterocycles. The lowest BCUT2D eigenvalue weighted by Crippen LogP contribution is -2.47. The molecule has 4 rings (SSSR count). The Balaban J connectivity index is 1.43. The first kappa shape index (κ1) is 15.9. The van der Waals surface area contributed by atoms with Gasteiger partial charge in [0.15, 0.2) is 0 Å². The summed E-state index contributed by atoms with van der Waals surface area (Å²) < 4.78 is 5.58. The number of ether oxygens (including phenoxy) is 1. The third-order valence-corrected chi connectivity index (χ3v) is 5.29. The lowest BCUT2D eigenvalue weighted by Gasteiger charge is -2.27. The van der Waals surface area contributed by atoms with E-state index in [4.69, 9.17) is 4.74 Å². The summed E-state index contributed by atoms with van der Waals surface area (Å²) in [6.45, 7) is 2.01. The molecule has 0 spiro atoms. The number of para-hydroxylation sites is 1. The maximum absolute atomic E-state index is 12.6. The topological polar surface area (TPSA) is 87.7 Å². The zero-order valence-corrected chi connectivity index (χ0v) is 14.1. The van der Waals surface area contributed by atoms with Gasteiger partial charge in [0.05, 0.1) is 12.6 Å². The van der Waals surface area contributed by atoms with Crippen molar-refractivity contribution in [1.82, 2.24) is 15.5 Å². The molecule has 0 radical (unpaired) electrons. The number of fused-ring (bicyclic) bond motifs is 1. The molecule has 3 aliphatic rings. The maximum Gasteiger partial charge on any atom is 0.325 e. The maximum atomic E-state index is 12.6. The van der Waals surface area contributed by atoms with Crippen molar-refractivity contribution in [2.75, 3.05) is 13.2 Å². The van der Waals surface area contributed by atoms with Gasteiger partial charge >= 0.3 is 6.03 Å². The highest BCUT2D eigenvalue weighted by molar-refractivity contribution is 6.09. The van der Waals surface area contributed by atoms with Crippen LogP contribution in [0.3, 0.4) is 0 Å². The van der Waals surface area contributed by atoms with Crippen LogP contribution in [0.5, 0.6) is 5.75 Å². The molecule has 0 bridgehead atoms. The van der Waals surface area contributed by atoms with Crippen molar-refractivity contribution in [3.05, 3.63) is 29.8 Å². The normalized spacial score (nSPS) is 28.2. The number of nitrogens with zero attached hydrogens (tertiary/aromatic N) is 1. The number of hydrogen-bond acceptors (Lipinski definition) is 4. The summed E-state index contributed by atoms with van der Waals surface area (Å²) in [5.41, 5.74) is 0.0601. The van der Waals surface area contributed by atoms with Gasteiger partial charge in [-0.2, -0.15) is 0 Å². The average Bonchev–Trinajstić information content (AvgIpc) is 3.42. The van der Waals surface area contributed by atoms with E-state index in [-0.39, 0.29) is 30.3 Å². The molecule has 25 heavy (non-hydrogen) atoms. The highest BCUT2D eigenvalue weighted by Crippen LogP contribution is 2.42. The van der Waals surface area contributed by atoms with Crippen molar-refractivity contribution >= 4 is 17.8 Å². The van der Waals surface area contributed by atoms with Crippen molar-refractivity contribution in [2.45, 2.75) is 37.8 Å². The van der Waals surface area contributed by atoms with Crippen molar-refractivity contribution in [3.8, 4) is 5.75 Å². The minimum Gasteiger partial charge on any atom is -0.493 e. The van der Waals surface area contributed by atoms with E-state index in [2.05, 4.69) is 10.6 Å². The van der Waals surface area contributed by atoms with E-state index in [0.717, 1.165) is 29.1 Å². The van der Waals surface area contributed by atoms with Crippen LogP contribution in [0.1, 0.15) is 37.8 Å². The Morgan fingerprint density at radius 1 is 1.32 bits per heavy atom. The Morgan fingerprint density at radius 2 is 2.08 bits per heavy atom. The van der Waals surface area contributed by atoms with E-state index in [1.54, 1.807) is 6.92 Å². The van der Waals surface area contributed by atoms with Crippen LogP contribution in [-0.2, 0) is 9.59 Å². The summed E-state index contributed by atoms with van der Waals surface area (Å²) in [7, 11) is 0. The molecule has 2 heterocycles. The van der Waals surface area contributed by atoms with Gasteiger partial charge in [0, 0.05) is 12.0 Å². The van der Waals surface area contributed by atoms with Gasteiger partial charge in [-0.25, -0.2) is 4.79 Å². The second-order valence-electron chi connectivity index (χ2n) is 7.09. The van der Waals surface area contributed by atoms with E-state index in [0.29, 0.717) is 13.0 Å². The minimum atomic E-state index is -0.858. The van der Waals surface area contributed by atoms with Crippen LogP contribution >= 0.6 is 0 Å². The first-order valence-corrected chi connectivity index (χ1v) is 8.64. The van der Waals surface area contributed by atoms with E-state index < -0.39 is 11.6 Å². The molecule has 7 heteroatoms. The standard InChI is InChI=1S/C18H21N3O4/c1-18(11-6-7-11)16(23)21(17(24)20-18)10-15(22)19-13-8-9-25-14-5-3-2-4-12(13)14/h2-5,11,13H,6-10H2,1H3,(H,19,22)(H,20,24)/t13-,18+/m0/s1. The van der Waals surface area contributed by atoms with Crippen LogP contribution in [0.4, 0.5) is 4.79 Å². The Labute approximate surface area is 145 Å². The van der Waals surface area contributed by atoms with E-state index >= 15 is 0 Å². The fraction of sp³-hybridized carbons (Fsp3) is 0.500. The molecule has 7 nitrogen and oxygen atoms in total. The zero-order chi connectivity index (χ0) is 17.6. The Hall–Kier alpha value is -2.57. The number of hydrogen-bond donors (Lipinski definition) is 2. The third-order valence-electron chi connectivity index (χ3n) is 5.29. The summed E-state index contributed by atoms with van der Waals surface area (Å²) in [5, 5.41) is 5.68. The number of imide groups is 1. The van der Waals surface area contributed by atoms with Gasteiger partial charge in [-0.1, -0.05) is 18.2 Å². The van der Waals surface area contributed by atoms with E-state index in [1.165, 1.54) is 0 Å². The van der Waals surface area contributed by atoms with Crippen LogP contribution in [0.15, 0.2) is 24.3 Å². The van der Waals surface area contributed by atoms with E-state index in [1.807, 2.05) is 24.3 Å². The first-order valence-electron chi connectivity index (χ1n) is 8.64. The molecule has 1 aromatic rings.